The van der Waals surface area contributed by atoms with Gasteiger partial charge < -0.3 is 28.3 Å². The Bertz CT molecular complexity index is 1410. The summed E-state index contributed by atoms with van der Waals surface area (Å²) in [6.07, 6.45) is 1.46. The number of benzene rings is 2. The van der Waals surface area contributed by atoms with Crippen molar-refractivity contribution in [2.24, 2.45) is 0 Å². The summed E-state index contributed by atoms with van der Waals surface area (Å²) >= 11 is 0. The van der Waals surface area contributed by atoms with Crippen molar-refractivity contribution < 1.29 is 33.0 Å². The summed E-state index contributed by atoms with van der Waals surface area (Å²) in [6, 6.07) is 16.5. The molecule has 8 nitrogen and oxygen atoms in total. The van der Waals surface area contributed by atoms with E-state index in [0.717, 1.165) is 5.56 Å². The number of para-hydroxylation sites is 1. The molecule has 1 N–H and O–H groups in total. The van der Waals surface area contributed by atoms with Crippen molar-refractivity contribution in [3.05, 3.63) is 95.3 Å². The molecule has 1 unspecified atom stereocenters. The number of fused-ring (bicyclic) bond motifs is 1. The van der Waals surface area contributed by atoms with Crippen molar-refractivity contribution in [1.29, 1.82) is 0 Å². The molecular weight excluding hydrogens is 450 g/mol. The number of ketones is 1. The number of Topliss-reactive ketones (excluding diaryl/α,β-unsaturated/α-hetero) is 1. The Hall–Kier alpha value is -4.46. The van der Waals surface area contributed by atoms with Gasteiger partial charge in [-0.1, -0.05) is 24.3 Å². The number of rotatable bonds is 8. The lowest BCUT2D eigenvalue weighted by Crippen LogP contribution is -2.30. The van der Waals surface area contributed by atoms with Crippen LogP contribution in [0.4, 0.5) is 0 Å². The van der Waals surface area contributed by atoms with Gasteiger partial charge in [-0.25, -0.2) is 0 Å². The third kappa shape index (κ3) is 3.93. The molecule has 0 aliphatic carbocycles. The van der Waals surface area contributed by atoms with Gasteiger partial charge in [0.05, 0.1) is 25.6 Å². The first-order valence-corrected chi connectivity index (χ1v) is 11.1. The van der Waals surface area contributed by atoms with Crippen molar-refractivity contribution in [3.63, 3.8) is 0 Å². The van der Waals surface area contributed by atoms with Gasteiger partial charge >= 0.3 is 0 Å². The highest BCUT2D eigenvalue weighted by Gasteiger charge is 2.46. The van der Waals surface area contributed by atoms with Gasteiger partial charge in [0.15, 0.2) is 22.9 Å². The molecule has 1 aliphatic rings. The number of furan rings is 2. The van der Waals surface area contributed by atoms with E-state index >= 15 is 0 Å². The van der Waals surface area contributed by atoms with Gasteiger partial charge in [0.2, 0.25) is 5.78 Å². The van der Waals surface area contributed by atoms with E-state index < -0.39 is 23.5 Å². The van der Waals surface area contributed by atoms with E-state index in [4.69, 9.17) is 18.3 Å². The monoisotopic (exact) mass is 473 g/mol. The van der Waals surface area contributed by atoms with Gasteiger partial charge in [-0.2, -0.15) is 0 Å². The van der Waals surface area contributed by atoms with Gasteiger partial charge in [-0.3, -0.25) is 9.59 Å². The number of carbonyl (C=O) groups is 2. The Kier molecular flexibility index (Phi) is 5.78. The zero-order valence-electron chi connectivity index (χ0n) is 19.2. The molecule has 5 rings (SSSR count). The number of hydrogen-bond donors (Lipinski definition) is 1. The second-order valence-corrected chi connectivity index (χ2v) is 8.01. The number of amides is 1. The van der Waals surface area contributed by atoms with Crippen LogP contribution in [0, 0.1) is 0 Å². The van der Waals surface area contributed by atoms with Crippen LogP contribution in [0.25, 0.3) is 11.0 Å². The van der Waals surface area contributed by atoms with Gasteiger partial charge in [0.1, 0.15) is 17.6 Å². The summed E-state index contributed by atoms with van der Waals surface area (Å²) in [7, 11) is 1.51. The van der Waals surface area contributed by atoms with Crippen LogP contribution in [0.15, 0.2) is 87.1 Å². The normalized spacial score (nSPS) is 15.8. The summed E-state index contributed by atoms with van der Waals surface area (Å²) in [5.74, 6) is -0.383. The topological polar surface area (TPSA) is 102 Å². The van der Waals surface area contributed by atoms with Crippen LogP contribution in [0.1, 0.15) is 34.8 Å². The van der Waals surface area contributed by atoms with Crippen molar-refractivity contribution in [1.82, 2.24) is 4.90 Å². The lowest BCUT2D eigenvalue weighted by molar-refractivity contribution is -0.130. The molecular formula is C27H23NO7. The predicted octanol–water partition coefficient (Wildman–Crippen LogP) is 5.21. The second-order valence-electron chi connectivity index (χ2n) is 8.01. The lowest BCUT2D eigenvalue weighted by Gasteiger charge is -2.24. The number of nitrogens with zero attached hydrogens (tertiary/aromatic N) is 1. The van der Waals surface area contributed by atoms with Gasteiger partial charge in [0.25, 0.3) is 5.91 Å². The number of aliphatic hydroxyl groups excluding tert-OH is 1. The van der Waals surface area contributed by atoms with Crippen LogP contribution in [0.5, 0.6) is 11.5 Å². The minimum absolute atomic E-state index is 0.0154. The molecule has 1 aliphatic heterocycles. The Morgan fingerprint density at radius 1 is 1.11 bits per heavy atom. The molecule has 178 valence electrons. The van der Waals surface area contributed by atoms with Gasteiger partial charge in [-0.15, -0.1) is 0 Å². The van der Waals surface area contributed by atoms with E-state index in [-0.39, 0.29) is 17.9 Å². The molecule has 0 spiro atoms. The largest absolute Gasteiger partial charge is 0.503 e. The first-order valence-electron chi connectivity index (χ1n) is 11.1. The first kappa shape index (κ1) is 22.3. The maximum Gasteiger partial charge on any atom is 0.290 e. The minimum Gasteiger partial charge on any atom is -0.503 e. The molecule has 3 heterocycles. The number of hydrogen-bond acceptors (Lipinski definition) is 7. The minimum atomic E-state index is -0.924. The Morgan fingerprint density at radius 3 is 2.60 bits per heavy atom. The third-order valence-corrected chi connectivity index (χ3v) is 5.90. The molecule has 4 aromatic rings. The molecule has 0 saturated heterocycles. The summed E-state index contributed by atoms with van der Waals surface area (Å²) in [5.41, 5.74) is 1.10. The van der Waals surface area contributed by atoms with Gasteiger partial charge in [0, 0.05) is 11.9 Å². The molecule has 35 heavy (non-hydrogen) atoms. The maximum absolute atomic E-state index is 13.6. The SMILES string of the molecule is CCOc1ccc(CN2C(=O)C(O)=C(C(=O)c3cc4cccc(OC)c4o3)C2c2ccco2)cc1. The number of ether oxygens (including phenoxy) is 2. The highest BCUT2D eigenvalue weighted by molar-refractivity contribution is 6.16. The first-order chi connectivity index (χ1) is 17.0. The van der Waals surface area contributed by atoms with Crippen LogP contribution < -0.4 is 9.47 Å². The fourth-order valence-corrected chi connectivity index (χ4v) is 4.29. The highest BCUT2D eigenvalue weighted by atomic mass is 16.5. The zero-order chi connectivity index (χ0) is 24.5. The van der Waals surface area contributed by atoms with Crippen molar-refractivity contribution in [3.8, 4) is 11.5 Å². The molecule has 0 bridgehead atoms. The molecule has 0 saturated carbocycles. The molecule has 0 fully saturated rings. The summed E-state index contributed by atoms with van der Waals surface area (Å²) in [6.45, 7) is 2.59. The van der Waals surface area contributed by atoms with Crippen LogP contribution in [-0.4, -0.2) is 35.4 Å². The smallest absolute Gasteiger partial charge is 0.290 e. The summed E-state index contributed by atoms with van der Waals surface area (Å²) in [4.78, 5) is 28.2. The molecule has 0 radical (unpaired) electrons. The van der Waals surface area contributed by atoms with Crippen molar-refractivity contribution in [2.45, 2.75) is 19.5 Å². The van der Waals surface area contributed by atoms with E-state index in [1.54, 1.807) is 36.4 Å². The molecule has 8 heteroatoms. The molecule has 1 atom stereocenters. The summed E-state index contributed by atoms with van der Waals surface area (Å²) in [5, 5.41) is 11.5. The summed E-state index contributed by atoms with van der Waals surface area (Å²) < 4.78 is 22.2. The second kappa shape index (κ2) is 9.06. The zero-order valence-corrected chi connectivity index (χ0v) is 19.2. The van der Waals surface area contributed by atoms with E-state index in [9.17, 15) is 14.7 Å². The quantitative estimate of drug-likeness (QED) is 0.350. The van der Waals surface area contributed by atoms with E-state index in [1.165, 1.54) is 18.3 Å². The van der Waals surface area contributed by atoms with Crippen molar-refractivity contribution >= 4 is 22.7 Å². The Balaban J connectivity index is 1.52. The lowest BCUT2D eigenvalue weighted by atomic mass is 9.99. The molecule has 1 amide bonds. The Morgan fingerprint density at radius 2 is 1.91 bits per heavy atom. The van der Waals surface area contributed by atoms with E-state index in [1.807, 2.05) is 31.2 Å². The number of methoxy groups -OCH3 is 1. The number of aliphatic hydroxyl groups is 1. The van der Waals surface area contributed by atoms with Crippen LogP contribution in [0.2, 0.25) is 0 Å². The van der Waals surface area contributed by atoms with E-state index in [2.05, 4.69) is 0 Å². The van der Waals surface area contributed by atoms with Gasteiger partial charge in [-0.05, 0) is 48.9 Å². The van der Waals surface area contributed by atoms with Crippen LogP contribution >= 0.6 is 0 Å². The fourth-order valence-electron chi connectivity index (χ4n) is 4.29. The molecule has 2 aromatic heterocycles. The number of carbonyl (C=O) groups excluding carboxylic acids is 2. The third-order valence-electron chi connectivity index (χ3n) is 5.90. The van der Waals surface area contributed by atoms with Crippen LogP contribution in [0.3, 0.4) is 0 Å². The van der Waals surface area contributed by atoms with Crippen LogP contribution in [-0.2, 0) is 11.3 Å². The predicted molar refractivity (Wildman–Crippen MR) is 126 cm³/mol. The fraction of sp³-hybridized carbons (Fsp3) is 0.185. The Labute approximate surface area is 201 Å². The molecule has 2 aromatic carbocycles. The standard InChI is InChI=1S/C27H23NO7/c1-3-33-18-11-9-16(10-12-18)15-28-23(19-8-5-13-34-19)22(25(30)27(28)31)24(29)21-14-17-6-4-7-20(32-2)26(17)35-21/h4-14,23,30H,3,15H2,1-2H3. The maximum atomic E-state index is 13.6. The average Bonchev–Trinajstić information content (AvgIpc) is 3.60. The van der Waals surface area contributed by atoms with E-state index in [0.29, 0.717) is 34.8 Å². The highest BCUT2D eigenvalue weighted by Crippen LogP contribution is 2.41. The average molecular weight is 473 g/mol. The van der Waals surface area contributed by atoms with Crippen molar-refractivity contribution in [2.75, 3.05) is 13.7 Å².